The second-order valence-corrected chi connectivity index (χ2v) is 6.24. The van der Waals surface area contributed by atoms with Gasteiger partial charge in [0.05, 0.1) is 6.54 Å². The van der Waals surface area contributed by atoms with Crippen molar-refractivity contribution < 1.29 is 9.84 Å². The number of aliphatic hydroxyl groups excluding tert-OH is 1. The molecule has 0 bridgehead atoms. The maximum Gasteiger partial charge on any atom is 0.329 e. The summed E-state index contributed by atoms with van der Waals surface area (Å²) in [5.74, 6) is 1.08. The highest BCUT2D eigenvalue weighted by Gasteiger charge is 2.19. The number of aromatic amines is 1. The van der Waals surface area contributed by atoms with Gasteiger partial charge in [-0.25, -0.2) is 4.79 Å². The molecule has 2 aromatic heterocycles. The molecular weight excluding hydrogens is 350 g/mol. The molecule has 0 amide bonds. The number of rotatable bonds is 8. The molecular formula is C18H23N5O4. The Morgan fingerprint density at radius 3 is 2.74 bits per heavy atom. The van der Waals surface area contributed by atoms with Crippen LogP contribution in [0.2, 0.25) is 0 Å². The van der Waals surface area contributed by atoms with Crippen LogP contribution < -0.4 is 21.3 Å². The average molecular weight is 373 g/mol. The van der Waals surface area contributed by atoms with Crippen LogP contribution in [0.15, 0.2) is 39.9 Å². The number of aryl methyl sites for hydroxylation is 1. The third-order valence-electron chi connectivity index (χ3n) is 4.12. The number of imidazole rings is 1. The predicted molar refractivity (Wildman–Crippen MR) is 102 cm³/mol. The molecule has 0 radical (unpaired) electrons. The molecule has 0 aliphatic rings. The quantitative estimate of drug-likeness (QED) is 0.535. The van der Waals surface area contributed by atoms with E-state index in [9.17, 15) is 14.7 Å². The normalized spacial score (nSPS) is 12.3. The van der Waals surface area contributed by atoms with Crippen LogP contribution in [0.1, 0.15) is 13.3 Å². The highest BCUT2D eigenvalue weighted by Crippen LogP contribution is 2.16. The van der Waals surface area contributed by atoms with Crippen LogP contribution in [0.25, 0.3) is 11.2 Å². The zero-order valence-corrected chi connectivity index (χ0v) is 15.3. The van der Waals surface area contributed by atoms with E-state index in [1.54, 1.807) is 16.7 Å². The first-order valence-corrected chi connectivity index (χ1v) is 8.80. The van der Waals surface area contributed by atoms with Gasteiger partial charge in [0.15, 0.2) is 11.2 Å². The number of H-pyrrole nitrogens is 1. The standard InChI is InChI=1S/C18H23N5O4/c1-3-9-19-17-20-15-14(16(25)21-18(26)22(15)2)23(17)10-12(24)11-27-13-7-5-4-6-8-13/h4-8,12,24H,3,9-11H2,1-2H3,(H,19,20)(H,21,25,26). The largest absolute Gasteiger partial charge is 0.491 e. The van der Waals surface area contributed by atoms with Gasteiger partial charge >= 0.3 is 5.69 Å². The van der Waals surface area contributed by atoms with Gasteiger partial charge in [-0.15, -0.1) is 0 Å². The minimum atomic E-state index is -0.874. The minimum absolute atomic E-state index is 0.0561. The molecule has 2 heterocycles. The topological polar surface area (TPSA) is 114 Å². The van der Waals surface area contributed by atoms with Crippen LogP contribution in [0.4, 0.5) is 5.95 Å². The summed E-state index contributed by atoms with van der Waals surface area (Å²) in [5, 5.41) is 13.6. The molecule has 1 unspecified atom stereocenters. The molecule has 0 saturated carbocycles. The van der Waals surface area contributed by atoms with Crippen LogP contribution in [-0.4, -0.2) is 43.5 Å². The highest BCUT2D eigenvalue weighted by molar-refractivity contribution is 5.74. The summed E-state index contributed by atoms with van der Waals surface area (Å²) < 4.78 is 8.44. The van der Waals surface area contributed by atoms with Crippen molar-refractivity contribution in [2.24, 2.45) is 7.05 Å². The lowest BCUT2D eigenvalue weighted by atomic mass is 10.3. The van der Waals surface area contributed by atoms with Crippen LogP contribution in [0.5, 0.6) is 5.75 Å². The summed E-state index contributed by atoms with van der Waals surface area (Å²) in [6.45, 7) is 2.80. The van der Waals surface area contributed by atoms with E-state index in [1.807, 2.05) is 25.1 Å². The lowest BCUT2D eigenvalue weighted by molar-refractivity contribution is 0.0938. The van der Waals surface area contributed by atoms with E-state index in [4.69, 9.17) is 4.74 Å². The third-order valence-corrected chi connectivity index (χ3v) is 4.12. The lowest BCUT2D eigenvalue weighted by Gasteiger charge is -2.15. The Bertz CT molecular complexity index is 1020. The monoisotopic (exact) mass is 373 g/mol. The zero-order valence-electron chi connectivity index (χ0n) is 15.3. The summed E-state index contributed by atoms with van der Waals surface area (Å²) in [7, 11) is 1.54. The summed E-state index contributed by atoms with van der Waals surface area (Å²) in [6, 6.07) is 9.17. The SMILES string of the molecule is CCCNc1nc2c(c(=O)[nH]c(=O)n2C)n1CC(O)COc1ccccc1. The van der Waals surface area contributed by atoms with Crippen molar-refractivity contribution in [3.05, 3.63) is 51.2 Å². The molecule has 0 aliphatic carbocycles. The van der Waals surface area contributed by atoms with Gasteiger partial charge in [0.2, 0.25) is 5.95 Å². The number of fused-ring (bicyclic) bond motifs is 1. The maximum absolute atomic E-state index is 12.4. The third kappa shape index (κ3) is 4.03. The van der Waals surface area contributed by atoms with Crippen LogP contribution in [-0.2, 0) is 13.6 Å². The Kier molecular flexibility index (Phi) is 5.60. The molecule has 3 rings (SSSR count). The molecule has 27 heavy (non-hydrogen) atoms. The molecule has 144 valence electrons. The molecule has 0 saturated heterocycles. The first-order chi connectivity index (χ1) is 13.0. The van der Waals surface area contributed by atoms with Gasteiger partial charge in [-0.05, 0) is 18.6 Å². The lowest BCUT2D eigenvalue weighted by Crippen LogP contribution is -2.31. The molecule has 0 aliphatic heterocycles. The van der Waals surface area contributed by atoms with E-state index in [0.717, 1.165) is 6.42 Å². The van der Waals surface area contributed by atoms with Gasteiger partial charge in [0.1, 0.15) is 18.5 Å². The molecule has 3 N–H and O–H groups in total. The van der Waals surface area contributed by atoms with Crippen molar-refractivity contribution in [2.75, 3.05) is 18.5 Å². The van der Waals surface area contributed by atoms with Gasteiger partial charge < -0.3 is 19.7 Å². The Labute approximate surface area is 155 Å². The van der Waals surface area contributed by atoms with E-state index < -0.39 is 17.4 Å². The van der Waals surface area contributed by atoms with Crippen LogP contribution in [0.3, 0.4) is 0 Å². The van der Waals surface area contributed by atoms with E-state index in [-0.39, 0.29) is 24.3 Å². The fourth-order valence-electron chi connectivity index (χ4n) is 2.76. The number of aliphatic hydroxyl groups is 1. The molecule has 0 fully saturated rings. The van der Waals surface area contributed by atoms with Gasteiger partial charge in [-0.1, -0.05) is 25.1 Å². The predicted octanol–water partition coefficient (Wildman–Crippen LogP) is 0.685. The van der Waals surface area contributed by atoms with Crippen molar-refractivity contribution >= 4 is 17.1 Å². The summed E-state index contributed by atoms with van der Waals surface area (Å²) in [5.41, 5.74) is -0.582. The van der Waals surface area contributed by atoms with Gasteiger partial charge in [-0.2, -0.15) is 4.98 Å². The molecule has 1 aromatic carbocycles. The summed E-state index contributed by atoms with van der Waals surface area (Å²) in [4.78, 5) is 30.8. The maximum atomic E-state index is 12.4. The number of nitrogens with one attached hydrogen (secondary N) is 2. The van der Waals surface area contributed by atoms with Crippen molar-refractivity contribution in [1.29, 1.82) is 0 Å². The van der Waals surface area contributed by atoms with Gasteiger partial charge in [0.25, 0.3) is 5.56 Å². The van der Waals surface area contributed by atoms with E-state index in [1.165, 1.54) is 11.6 Å². The Morgan fingerprint density at radius 1 is 1.30 bits per heavy atom. The van der Waals surface area contributed by atoms with Crippen LogP contribution in [0, 0.1) is 0 Å². The number of para-hydroxylation sites is 1. The molecule has 9 heteroatoms. The molecule has 9 nitrogen and oxygen atoms in total. The van der Waals surface area contributed by atoms with Crippen LogP contribution >= 0.6 is 0 Å². The second kappa shape index (κ2) is 8.09. The van der Waals surface area contributed by atoms with E-state index >= 15 is 0 Å². The second-order valence-electron chi connectivity index (χ2n) is 6.24. The number of hydrogen-bond donors (Lipinski definition) is 3. The Balaban J connectivity index is 1.90. The molecule has 0 spiro atoms. The van der Waals surface area contributed by atoms with Gasteiger partial charge in [-0.3, -0.25) is 14.3 Å². The Morgan fingerprint density at radius 2 is 2.04 bits per heavy atom. The first kappa shape index (κ1) is 18.7. The smallest absolute Gasteiger partial charge is 0.329 e. The molecule has 1 atom stereocenters. The number of nitrogens with zero attached hydrogens (tertiary/aromatic N) is 3. The van der Waals surface area contributed by atoms with Crippen molar-refractivity contribution in [3.63, 3.8) is 0 Å². The van der Waals surface area contributed by atoms with Crippen molar-refractivity contribution in [1.82, 2.24) is 19.1 Å². The van der Waals surface area contributed by atoms with E-state index in [2.05, 4.69) is 15.3 Å². The summed E-state index contributed by atoms with van der Waals surface area (Å²) in [6.07, 6.45) is -0.0144. The fourth-order valence-corrected chi connectivity index (χ4v) is 2.76. The number of benzene rings is 1. The molecule has 3 aromatic rings. The fraction of sp³-hybridized carbons (Fsp3) is 0.389. The van der Waals surface area contributed by atoms with Crippen molar-refractivity contribution in [2.45, 2.75) is 26.0 Å². The average Bonchev–Trinajstić information content (AvgIpc) is 3.02. The summed E-state index contributed by atoms with van der Waals surface area (Å²) >= 11 is 0. The zero-order chi connectivity index (χ0) is 19.4. The minimum Gasteiger partial charge on any atom is -0.491 e. The van der Waals surface area contributed by atoms with Crippen molar-refractivity contribution in [3.8, 4) is 5.75 Å². The number of ether oxygens (including phenoxy) is 1. The number of anilines is 1. The number of hydrogen-bond acceptors (Lipinski definition) is 6. The number of aromatic nitrogens is 4. The first-order valence-electron chi connectivity index (χ1n) is 8.80. The van der Waals surface area contributed by atoms with Gasteiger partial charge in [0, 0.05) is 13.6 Å². The Hall–Kier alpha value is -3.07. The highest BCUT2D eigenvalue weighted by atomic mass is 16.5. The van der Waals surface area contributed by atoms with E-state index in [0.29, 0.717) is 18.2 Å².